The van der Waals surface area contributed by atoms with Crippen molar-refractivity contribution >= 4 is 34.2 Å². The van der Waals surface area contributed by atoms with E-state index in [-0.39, 0.29) is 11.3 Å². The summed E-state index contributed by atoms with van der Waals surface area (Å²) in [7, 11) is 0. The molecular formula is C21H23IN2O. The maximum atomic E-state index is 12.6. The number of rotatable bonds is 3. The lowest BCUT2D eigenvalue weighted by atomic mass is 9.77. The van der Waals surface area contributed by atoms with Crippen LogP contribution in [0.5, 0.6) is 0 Å². The third-order valence-electron chi connectivity index (χ3n) is 5.62. The van der Waals surface area contributed by atoms with Gasteiger partial charge in [-0.05, 0) is 83.8 Å². The topological polar surface area (TPSA) is 23.6 Å². The number of amides is 1. The van der Waals surface area contributed by atoms with Crippen molar-refractivity contribution in [1.29, 1.82) is 0 Å². The zero-order valence-corrected chi connectivity index (χ0v) is 16.5. The predicted molar refractivity (Wildman–Crippen MR) is 110 cm³/mol. The van der Waals surface area contributed by atoms with Crippen LogP contribution in [0.25, 0.3) is 0 Å². The van der Waals surface area contributed by atoms with E-state index in [1.807, 2.05) is 4.90 Å². The van der Waals surface area contributed by atoms with Crippen LogP contribution in [0.4, 0.5) is 5.69 Å². The Kier molecular flexibility index (Phi) is 4.82. The summed E-state index contributed by atoms with van der Waals surface area (Å²) in [6, 6.07) is 19.0. The third kappa shape index (κ3) is 3.75. The molecule has 1 spiro atoms. The summed E-state index contributed by atoms with van der Waals surface area (Å²) >= 11 is 2.30. The van der Waals surface area contributed by atoms with E-state index in [1.54, 1.807) is 0 Å². The molecule has 1 amide bonds. The van der Waals surface area contributed by atoms with Crippen molar-refractivity contribution in [2.45, 2.75) is 25.8 Å². The van der Waals surface area contributed by atoms with Gasteiger partial charge in [-0.15, -0.1) is 0 Å². The van der Waals surface area contributed by atoms with Crippen molar-refractivity contribution in [2.24, 2.45) is 5.41 Å². The molecule has 0 radical (unpaired) electrons. The molecule has 2 saturated heterocycles. The molecule has 2 fully saturated rings. The first-order valence-electron chi connectivity index (χ1n) is 8.96. The number of anilines is 1. The molecule has 3 nitrogen and oxygen atoms in total. The molecule has 0 aromatic heterocycles. The average molecular weight is 446 g/mol. The van der Waals surface area contributed by atoms with Crippen LogP contribution in [-0.4, -0.2) is 30.4 Å². The fraction of sp³-hybridized carbons (Fsp3) is 0.381. The van der Waals surface area contributed by atoms with Gasteiger partial charge in [-0.3, -0.25) is 9.69 Å². The fourth-order valence-corrected chi connectivity index (χ4v) is 4.47. The summed E-state index contributed by atoms with van der Waals surface area (Å²) in [5.41, 5.74) is 2.60. The minimum absolute atomic E-state index is 0.174. The van der Waals surface area contributed by atoms with Crippen molar-refractivity contribution in [3.63, 3.8) is 0 Å². The maximum Gasteiger partial charge on any atom is 0.227 e. The van der Waals surface area contributed by atoms with Crippen LogP contribution in [0.1, 0.15) is 24.8 Å². The van der Waals surface area contributed by atoms with E-state index < -0.39 is 0 Å². The van der Waals surface area contributed by atoms with Crippen molar-refractivity contribution < 1.29 is 4.79 Å². The van der Waals surface area contributed by atoms with Gasteiger partial charge in [0.15, 0.2) is 0 Å². The Hall–Kier alpha value is -1.40. The number of halogens is 1. The van der Waals surface area contributed by atoms with Gasteiger partial charge in [0.2, 0.25) is 5.91 Å². The SMILES string of the molecule is O=C1CC2(CCN(Cc3ccccc3)CC2)CN1c1ccc(I)cc1. The number of piperidine rings is 1. The fourth-order valence-electron chi connectivity index (χ4n) is 4.11. The van der Waals surface area contributed by atoms with Crippen LogP contribution in [0.3, 0.4) is 0 Å². The Bertz CT molecular complexity index is 736. The van der Waals surface area contributed by atoms with Crippen molar-refractivity contribution in [3.8, 4) is 0 Å². The number of carbonyl (C=O) groups excluding carboxylic acids is 1. The Morgan fingerprint density at radius 3 is 2.32 bits per heavy atom. The summed E-state index contributed by atoms with van der Waals surface area (Å²) < 4.78 is 1.21. The molecule has 2 aliphatic rings. The molecule has 4 rings (SSSR count). The lowest BCUT2D eigenvalue weighted by molar-refractivity contribution is -0.118. The molecule has 0 saturated carbocycles. The second-order valence-electron chi connectivity index (χ2n) is 7.39. The van der Waals surface area contributed by atoms with Gasteiger partial charge in [0.25, 0.3) is 0 Å². The van der Waals surface area contributed by atoms with Gasteiger partial charge in [-0.25, -0.2) is 0 Å². The summed E-state index contributed by atoms with van der Waals surface area (Å²) in [5.74, 6) is 0.290. The van der Waals surface area contributed by atoms with E-state index in [0.29, 0.717) is 6.42 Å². The highest BCUT2D eigenvalue weighted by Gasteiger charge is 2.45. The Labute approximate surface area is 163 Å². The van der Waals surface area contributed by atoms with E-state index in [1.165, 1.54) is 9.13 Å². The molecule has 0 unspecified atom stereocenters. The molecule has 0 N–H and O–H groups in total. The normalized spacial score (nSPS) is 20.4. The Balaban J connectivity index is 1.39. The monoisotopic (exact) mass is 446 g/mol. The van der Waals surface area contributed by atoms with E-state index in [9.17, 15) is 4.79 Å². The number of hydrogen-bond acceptors (Lipinski definition) is 2. The van der Waals surface area contributed by atoms with Crippen LogP contribution >= 0.6 is 22.6 Å². The van der Waals surface area contributed by atoms with Crippen molar-refractivity contribution in [1.82, 2.24) is 4.90 Å². The van der Waals surface area contributed by atoms with Crippen LogP contribution in [0, 0.1) is 8.99 Å². The number of nitrogens with zero attached hydrogens (tertiary/aromatic N) is 2. The summed E-state index contributed by atoms with van der Waals surface area (Å²) in [4.78, 5) is 17.1. The zero-order chi connectivity index (χ0) is 17.3. The Morgan fingerprint density at radius 1 is 0.960 bits per heavy atom. The Morgan fingerprint density at radius 2 is 1.64 bits per heavy atom. The number of carbonyl (C=O) groups is 1. The molecule has 2 aromatic rings. The van der Waals surface area contributed by atoms with Crippen molar-refractivity contribution in [2.75, 3.05) is 24.5 Å². The maximum absolute atomic E-state index is 12.6. The van der Waals surface area contributed by atoms with Gasteiger partial charge in [0.1, 0.15) is 0 Å². The largest absolute Gasteiger partial charge is 0.312 e. The van der Waals surface area contributed by atoms with Gasteiger partial charge in [-0.1, -0.05) is 30.3 Å². The average Bonchev–Trinajstić information content (AvgIpc) is 2.95. The van der Waals surface area contributed by atoms with Gasteiger partial charge in [0, 0.05) is 28.8 Å². The minimum Gasteiger partial charge on any atom is -0.312 e. The molecule has 0 atom stereocenters. The second kappa shape index (κ2) is 7.08. The second-order valence-corrected chi connectivity index (χ2v) is 8.64. The number of hydrogen-bond donors (Lipinski definition) is 0. The molecule has 0 bridgehead atoms. The third-order valence-corrected chi connectivity index (χ3v) is 6.34. The van der Waals surface area contributed by atoms with E-state index in [0.717, 1.165) is 44.7 Å². The van der Waals surface area contributed by atoms with Gasteiger partial charge < -0.3 is 4.90 Å². The summed E-state index contributed by atoms with van der Waals surface area (Å²) in [5, 5.41) is 0. The minimum atomic E-state index is 0.174. The van der Waals surface area contributed by atoms with E-state index in [4.69, 9.17) is 0 Å². The lowest BCUT2D eigenvalue weighted by Gasteiger charge is -2.38. The first kappa shape index (κ1) is 17.0. The molecule has 0 aliphatic carbocycles. The lowest BCUT2D eigenvalue weighted by Crippen LogP contribution is -2.41. The number of likely N-dealkylation sites (tertiary alicyclic amines) is 1. The van der Waals surface area contributed by atoms with E-state index in [2.05, 4.69) is 82.1 Å². The van der Waals surface area contributed by atoms with Gasteiger partial charge in [0.05, 0.1) is 0 Å². The first-order valence-corrected chi connectivity index (χ1v) is 10.0. The van der Waals surface area contributed by atoms with Crippen LogP contribution in [0.2, 0.25) is 0 Å². The molecular weight excluding hydrogens is 423 g/mol. The highest BCUT2D eigenvalue weighted by atomic mass is 127. The summed E-state index contributed by atoms with van der Waals surface area (Å²) in [6.45, 7) is 4.07. The molecule has 2 aliphatic heterocycles. The number of benzene rings is 2. The predicted octanol–water partition coefficient (Wildman–Crippen LogP) is 4.31. The van der Waals surface area contributed by atoms with Crippen molar-refractivity contribution in [3.05, 3.63) is 63.7 Å². The van der Waals surface area contributed by atoms with Gasteiger partial charge >= 0.3 is 0 Å². The molecule has 4 heteroatoms. The molecule has 130 valence electrons. The smallest absolute Gasteiger partial charge is 0.227 e. The van der Waals surface area contributed by atoms with Gasteiger partial charge in [-0.2, -0.15) is 0 Å². The van der Waals surface area contributed by atoms with Crippen LogP contribution in [0.15, 0.2) is 54.6 Å². The molecule has 2 heterocycles. The molecule has 2 aromatic carbocycles. The van der Waals surface area contributed by atoms with E-state index >= 15 is 0 Å². The molecule has 25 heavy (non-hydrogen) atoms. The highest BCUT2D eigenvalue weighted by molar-refractivity contribution is 14.1. The van der Waals surface area contributed by atoms with Crippen LogP contribution in [-0.2, 0) is 11.3 Å². The first-order chi connectivity index (χ1) is 12.1. The van der Waals surface area contributed by atoms with Crippen LogP contribution < -0.4 is 4.90 Å². The zero-order valence-electron chi connectivity index (χ0n) is 14.3. The summed E-state index contributed by atoms with van der Waals surface area (Å²) in [6.07, 6.45) is 2.94. The standard InChI is InChI=1S/C21H23IN2O/c22-18-6-8-19(9-7-18)24-16-21(14-20(24)25)10-12-23(13-11-21)15-17-4-2-1-3-5-17/h1-9H,10-16H2. The highest BCUT2D eigenvalue weighted by Crippen LogP contribution is 2.42. The quantitative estimate of drug-likeness (QED) is 0.657.